The Morgan fingerprint density at radius 3 is 2.55 bits per heavy atom. The molecule has 0 radical (unpaired) electrons. The second kappa shape index (κ2) is 12.5. The van der Waals surface area contributed by atoms with Crippen LogP contribution in [-0.2, 0) is 4.74 Å². The third kappa shape index (κ3) is 8.07. The van der Waals surface area contributed by atoms with Crippen molar-refractivity contribution in [2.75, 3.05) is 6.61 Å². The molecular weight excluding hydrogens is 533 g/mol. The minimum Gasteiger partial charge on any atom is -0.457 e. The van der Waals surface area contributed by atoms with Crippen LogP contribution in [-0.4, -0.2) is 28.7 Å². The number of nitro groups is 1. The van der Waals surface area contributed by atoms with Gasteiger partial charge in [0.25, 0.3) is 5.69 Å². The van der Waals surface area contributed by atoms with Crippen LogP contribution in [0.3, 0.4) is 0 Å². The standard InChI is InChI=1S/C26H34INO5/c1-18(6-5-7-19(2)16-27)12-13-26(4)15-22(24(29)14-20(26)3)17-33-25(30)21-8-10-23(11-9-21)28(31)32/h6,8-11,15-16,20,24,29H,5,7,12-14,17H2,1-4H3/b18-6+,19-16+/t20-,24+,26-/m1/s1. The molecule has 0 unspecified atom stereocenters. The molecule has 1 aliphatic rings. The molecule has 0 fully saturated rings. The van der Waals surface area contributed by atoms with Gasteiger partial charge in [0.1, 0.15) is 6.61 Å². The van der Waals surface area contributed by atoms with E-state index in [0.29, 0.717) is 12.3 Å². The Bertz CT molecular complexity index is 935. The fourth-order valence-electron chi connectivity index (χ4n) is 3.99. The van der Waals surface area contributed by atoms with Crippen LogP contribution in [0.5, 0.6) is 0 Å². The summed E-state index contributed by atoms with van der Waals surface area (Å²) in [5.74, 6) is -0.258. The molecular formula is C26H34INO5. The molecule has 0 amide bonds. The van der Waals surface area contributed by atoms with E-state index in [4.69, 9.17) is 4.74 Å². The summed E-state index contributed by atoms with van der Waals surface area (Å²) in [6.45, 7) is 8.69. The van der Waals surface area contributed by atoms with E-state index in [1.54, 1.807) is 0 Å². The number of carbonyl (C=O) groups is 1. The number of aliphatic hydroxyl groups excluding tert-OH is 1. The molecule has 0 spiro atoms. The second-order valence-electron chi connectivity index (χ2n) is 9.30. The monoisotopic (exact) mass is 567 g/mol. The maximum Gasteiger partial charge on any atom is 0.338 e. The van der Waals surface area contributed by atoms with Crippen molar-refractivity contribution in [2.24, 2.45) is 11.3 Å². The summed E-state index contributed by atoms with van der Waals surface area (Å²) in [4.78, 5) is 22.6. The van der Waals surface area contributed by atoms with Gasteiger partial charge in [-0.05, 0) is 79.1 Å². The molecule has 2 rings (SSSR count). The van der Waals surface area contributed by atoms with Crippen LogP contribution in [0.15, 0.2) is 57.2 Å². The van der Waals surface area contributed by atoms with E-state index in [1.165, 1.54) is 35.4 Å². The average Bonchev–Trinajstić information content (AvgIpc) is 2.79. The average molecular weight is 567 g/mol. The summed E-state index contributed by atoms with van der Waals surface area (Å²) in [7, 11) is 0. The SMILES string of the molecule is C/C(=C\I)CC/C=C(\C)CC[C@]1(C)C=C(COC(=O)c2ccc([N+](=O)[O-])cc2)[C@@H](O)C[C@H]1C. The third-order valence-corrected chi connectivity index (χ3v) is 7.67. The molecule has 0 saturated carbocycles. The minimum absolute atomic E-state index is 0.00995. The zero-order valence-corrected chi connectivity index (χ0v) is 22.0. The zero-order valence-electron chi connectivity index (χ0n) is 19.8. The number of benzene rings is 1. The summed E-state index contributed by atoms with van der Waals surface area (Å²) >= 11 is 2.28. The van der Waals surface area contributed by atoms with Crippen molar-refractivity contribution in [1.29, 1.82) is 0 Å². The predicted molar refractivity (Wildman–Crippen MR) is 139 cm³/mol. The van der Waals surface area contributed by atoms with Crippen molar-refractivity contribution in [3.8, 4) is 0 Å². The van der Waals surface area contributed by atoms with Crippen LogP contribution in [0, 0.1) is 21.4 Å². The van der Waals surface area contributed by atoms with E-state index < -0.39 is 17.0 Å². The Morgan fingerprint density at radius 1 is 1.27 bits per heavy atom. The molecule has 1 aromatic carbocycles. The van der Waals surface area contributed by atoms with Crippen molar-refractivity contribution >= 4 is 34.2 Å². The lowest BCUT2D eigenvalue weighted by Crippen LogP contribution is -2.35. The molecule has 0 aromatic heterocycles. The molecule has 3 atom stereocenters. The topological polar surface area (TPSA) is 89.7 Å². The fraction of sp³-hybridized carbons (Fsp3) is 0.500. The number of halogens is 1. The number of non-ortho nitro benzene ring substituents is 1. The van der Waals surface area contributed by atoms with E-state index in [2.05, 4.69) is 66.5 Å². The molecule has 33 heavy (non-hydrogen) atoms. The molecule has 1 aliphatic carbocycles. The first-order chi connectivity index (χ1) is 15.6. The Labute approximate surface area is 210 Å². The normalized spacial score (nSPS) is 23.8. The molecule has 7 heteroatoms. The van der Waals surface area contributed by atoms with Gasteiger partial charge in [0, 0.05) is 12.1 Å². The molecule has 1 aromatic rings. The first-order valence-corrected chi connectivity index (χ1v) is 12.5. The lowest BCUT2D eigenvalue weighted by Gasteiger charge is -2.40. The smallest absolute Gasteiger partial charge is 0.338 e. The van der Waals surface area contributed by atoms with Crippen molar-refractivity contribution in [1.82, 2.24) is 0 Å². The first kappa shape index (κ1) is 27.2. The molecule has 0 saturated heterocycles. The predicted octanol–water partition coefficient (Wildman–Crippen LogP) is 6.93. The summed E-state index contributed by atoms with van der Waals surface area (Å²) in [6.07, 6.45) is 8.45. The highest BCUT2D eigenvalue weighted by Gasteiger charge is 2.36. The Kier molecular flexibility index (Phi) is 10.3. The van der Waals surface area contributed by atoms with Crippen LogP contribution < -0.4 is 0 Å². The van der Waals surface area contributed by atoms with Crippen LogP contribution in [0.4, 0.5) is 5.69 Å². The van der Waals surface area contributed by atoms with Crippen molar-refractivity contribution < 1.29 is 19.6 Å². The lowest BCUT2D eigenvalue weighted by atomic mass is 9.67. The van der Waals surface area contributed by atoms with E-state index in [9.17, 15) is 20.0 Å². The first-order valence-electron chi connectivity index (χ1n) is 11.3. The van der Waals surface area contributed by atoms with Gasteiger partial charge < -0.3 is 9.84 Å². The van der Waals surface area contributed by atoms with Crippen LogP contribution in [0.25, 0.3) is 0 Å². The quantitative estimate of drug-likeness (QED) is 0.109. The van der Waals surface area contributed by atoms with Gasteiger partial charge >= 0.3 is 5.97 Å². The lowest BCUT2D eigenvalue weighted by molar-refractivity contribution is -0.384. The van der Waals surface area contributed by atoms with Gasteiger partial charge in [0.15, 0.2) is 0 Å². The van der Waals surface area contributed by atoms with Gasteiger partial charge in [-0.15, -0.1) is 0 Å². The summed E-state index contributed by atoms with van der Waals surface area (Å²) in [6, 6.07) is 5.31. The molecule has 6 nitrogen and oxygen atoms in total. The Balaban J connectivity index is 2.00. The number of rotatable bonds is 10. The van der Waals surface area contributed by atoms with Gasteiger partial charge in [0.05, 0.1) is 16.6 Å². The fourth-order valence-corrected chi connectivity index (χ4v) is 4.31. The highest BCUT2D eigenvalue weighted by atomic mass is 127. The number of esters is 1. The maximum absolute atomic E-state index is 12.4. The van der Waals surface area contributed by atoms with Crippen LogP contribution >= 0.6 is 22.6 Å². The second-order valence-corrected chi connectivity index (χ2v) is 9.93. The zero-order chi connectivity index (χ0) is 24.6. The van der Waals surface area contributed by atoms with Gasteiger partial charge in [-0.1, -0.05) is 59.7 Å². The number of carbonyl (C=O) groups excluding carboxylic acids is 1. The minimum atomic E-state index is -0.641. The number of allylic oxidation sites excluding steroid dienone is 4. The van der Waals surface area contributed by atoms with Crippen molar-refractivity contribution in [2.45, 2.75) is 65.9 Å². The highest BCUT2D eigenvalue weighted by Crippen LogP contribution is 2.43. The number of hydrogen-bond acceptors (Lipinski definition) is 5. The Hall–Kier alpha value is -2.00. The summed E-state index contributed by atoms with van der Waals surface area (Å²) < 4.78 is 7.55. The van der Waals surface area contributed by atoms with Crippen LogP contribution in [0.1, 0.15) is 70.2 Å². The van der Waals surface area contributed by atoms with Gasteiger partial charge in [-0.25, -0.2) is 4.79 Å². The molecule has 180 valence electrons. The molecule has 1 N–H and O–H groups in total. The molecule has 0 heterocycles. The van der Waals surface area contributed by atoms with Gasteiger partial charge in [-0.2, -0.15) is 0 Å². The van der Waals surface area contributed by atoms with E-state index >= 15 is 0 Å². The van der Waals surface area contributed by atoms with E-state index in [1.807, 2.05) is 0 Å². The number of hydrogen-bond donors (Lipinski definition) is 1. The number of nitrogens with zero attached hydrogens (tertiary/aromatic N) is 1. The number of nitro benzene ring substituents is 1. The largest absolute Gasteiger partial charge is 0.457 e. The number of ether oxygens (including phenoxy) is 1. The summed E-state index contributed by atoms with van der Waals surface area (Å²) in [5.41, 5.74) is 3.54. The third-order valence-electron chi connectivity index (χ3n) is 6.61. The Morgan fingerprint density at radius 2 is 1.94 bits per heavy atom. The maximum atomic E-state index is 12.4. The molecule has 0 bridgehead atoms. The van der Waals surface area contributed by atoms with E-state index in [0.717, 1.165) is 31.3 Å². The summed E-state index contributed by atoms with van der Waals surface area (Å²) in [5, 5.41) is 21.3. The molecule has 0 aliphatic heterocycles. The van der Waals surface area contributed by atoms with Gasteiger partial charge in [-0.3, -0.25) is 10.1 Å². The van der Waals surface area contributed by atoms with Crippen LogP contribution in [0.2, 0.25) is 0 Å². The van der Waals surface area contributed by atoms with Crippen molar-refractivity contribution in [3.05, 3.63) is 72.9 Å². The highest BCUT2D eigenvalue weighted by molar-refractivity contribution is 14.1. The van der Waals surface area contributed by atoms with Crippen molar-refractivity contribution in [3.63, 3.8) is 0 Å². The number of aliphatic hydroxyl groups is 1. The van der Waals surface area contributed by atoms with E-state index in [-0.39, 0.29) is 23.3 Å². The van der Waals surface area contributed by atoms with Gasteiger partial charge in [0.2, 0.25) is 0 Å².